The molecule has 1 aliphatic heterocycles. The van der Waals surface area contributed by atoms with E-state index < -0.39 is 5.97 Å². The van der Waals surface area contributed by atoms with Crippen LogP contribution in [0, 0.1) is 0 Å². The van der Waals surface area contributed by atoms with Gasteiger partial charge in [0.1, 0.15) is 4.88 Å². The molecule has 130 valence electrons. The monoisotopic (exact) mass is 385 g/mol. The molecule has 0 atom stereocenters. The number of carbonyl (C=O) groups excluding carboxylic acids is 1. The summed E-state index contributed by atoms with van der Waals surface area (Å²) in [5.74, 6) is -0.0543. The van der Waals surface area contributed by atoms with Crippen molar-refractivity contribution in [2.24, 2.45) is 4.99 Å². The lowest BCUT2D eigenvalue weighted by Crippen LogP contribution is -2.04. The number of hydrogen-bond acceptors (Lipinski definition) is 6. The number of nitrogens with zero attached hydrogens (tertiary/aromatic N) is 1. The van der Waals surface area contributed by atoms with Gasteiger partial charge >= 0.3 is 5.97 Å². The predicted molar refractivity (Wildman–Crippen MR) is 102 cm³/mol. The second-order valence-electron chi connectivity index (χ2n) is 5.51. The van der Waals surface area contributed by atoms with E-state index in [0.29, 0.717) is 21.2 Å². The highest BCUT2D eigenvalue weighted by Crippen LogP contribution is 2.37. The molecule has 4 rings (SSSR count). The summed E-state index contributed by atoms with van der Waals surface area (Å²) in [7, 11) is 1.47. The SMILES string of the molecule is COc1ccc(/C=C2/N=C(c3sc4ccccc4c3Cl)OC2=O)cc1O. The van der Waals surface area contributed by atoms with Gasteiger partial charge in [0.15, 0.2) is 17.2 Å². The Labute approximate surface area is 157 Å². The van der Waals surface area contributed by atoms with Crippen LogP contribution >= 0.6 is 22.9 Å². The lowest BCUT2D eigenvalue weighted by molar-refractivity contribution is -0.129. The molecule has 0 spiro atoms. The molecule has 3 aromatic rings. The number of aromatic hydroxyl groups is 1. The van der Waals surface area contributed by atoms with Crippen molar-refractivity contribution >= 4 is 51.0 Å². The zero-order chi connectivity index (χ0) is 18.3. The Morgan fingerprint density at radius 3 is 2.81 bits per heavy atom. The predicted octanol–water partition coefficient (Wildman–Crippen LogP) is 4.61. The number of hydrogen-bond donors (Lipinski definition) is 1. The van der Waals surface area contributed by atoms with Crippen molar-refractivity contribution in [2.45, 2.75) is 0 Å². The molecule has 7 heteroatoms. The molecule has 0 fully saturated rings. The number of methoxy groups -OCH3 is 1. The molecule has 0 amide bonds. The third-order valence-corrected chi connectivity index (χ3v) is 5.52. The first-order valence-corrected chi connectivity index (χ1v) is 8.83. The van der Waals surface area contributed by atoms with Crippen LogP contribution in [0.25, 0.3) is 16.2 Å². The highest BCUT2D eigenvalue weighted by atomic mass is 35.5. The summed E-state index contributed by atoms with van der Waals surface area (Å²) in [6.45, 7) is 0. The van der Waals surface area contributed by atoms with Crippen molar-refractivity contribution in [1.29, 1.82) is 0 Å². The van der Waals surface area contributed by atoms with Gasteiger partial charge in [0.25, 0.3) is 0 Å². The van der Waals surface area contributed by atoms with Gasteiger partial charge in [-0.15, -0.1) is 11.3 Å². The lowest BCUT2D eigenvalue weighted by Gasteiger charge is -2.03. The maximum atomic E-state index is 12.2. The fraction of sp³-hybridized carbons (Fsp3) is 0.0526. The molecule has 5 nitrogen and oxygen atoms in total. The number of esters is 1. The Morgan fingerprint density at radius 1 is 1.27 bits per heavy atom. The first-order valence-electron chi connectivity index (χ1n) is 7.64. The van der Waals surface area contributed by atoms with Crippen LogP contribution in [-0.4, -0.2) is 24.1 Å². The standard InChI is InChI=1S/C19H12ClNO4S/c1-24-14-7-6-10(9-13(14)22)8-12-19(23)25-18(21-12)17-16(20)11-4-2-3-5-15(11)26-17/h2-9,22H,1H3/b12-8+. The number of cyclic esters (lactones) is 1. The van der Waals surface area contributed by atoms with Crippen LogP contribution in [0.2, 0.25) is 5.02 Å². The molecule has 0 aliphatic carbocycles. The number of benzene rings is 2. The Bertz CT molecular complexity index is 1100. The molecule has 2 heterocycles. The molecule has 1 N–H and O–H groups in total. The highest BCUT2D eigenvalue weighted by Gasteiger charge is 2.28. The van der Waals surface area contributed by atoms with Crippen molar-refractivity contribution < 1.29 is 19.4 Å². The van der Waals surface area contributed by atoms with Gasteiger partial charge in [0.05, 0.1) is 12.1 Å². The second kappa shape index (κ2) is 6.48. The average Bonchev–Trinajstić information content (AvgIpc) is 3.16. The topological polar surface area (TPSA) is 68.1 Å². The Morgan fingerprint density at radius 2 is 2.08 bits per heavy atom. The van der Waals surface area contributed by atoms with E-state index in [1.165, 1.54) is 30.6 Å². The summed E-state index contributed by atoms with van der Waals surface area (Å²) in [4.78, 5) is 17.1. The molecular weight excluding hydrogens is 374 g/mol. The molecule has 1 aromatic heterocycles. The zero-order valence-corrected chi connectivity index (χ0v) is 15.1. The normalized spacial score (nSPS) is 15.4. The van der Waals surface area contributed by atoms with E-state index in [9.17, 15) is 9.90 Å². The maximum absolute atomic E-state index is 12.2. The minimum Gasteiger partial charge on any atom is -0.504 e. The van der Waals surface area contributed by atoms with Crippen molar-refractivity contribution in [2.75, 3.05) is 7.11 Å². The van der Waals surface area contributed by atoms with E-state index in [1.54, 1.807) is 12.1 Å². The number of carbonyl (C=O) groups is 1. The van der Waals surface area contributed by atoms with E-state index in [0.717, 1.165) is 10.1 Å². The first-order chi connectivity index (χ1) is 12.6. The molecule has 0 bridgehead atoms. The van der Waals surface area contributed by atoms with Crippen molar-refractivity contribution in [3.05, 3.63) is 63.6 Å². The Hall–Kier alpha value is -2.83. The van der Waals surface area contributed by atoms with Gasteiger partial charge in [0.2, 0.25) is 5.90 Å². The van der Waals surface area contributed by atoms with Gasteiger partial charge in [-0.1, -0.05) is 35.9 Å². The number of ether oxygens (including phenoxy) is 2. The van der Waals surface area contributed by atoms with E-state index >= 15 is 0 Å². The molecule has 0 saturated carbocycles. The fourth-order valence-electron chi connectivity index (χ4n) is 2.61. The molecule has 0 radical (unpaired) electrons. The van der Waals surface area contributed by atoms with Gasteiger partial charge in [0, 0.05) is 10.1 Å². The highest BCUT2D eigenvalue weighted by molar-refractivity contribution is 7.21. The molecule has 0 saturated heterocycles. The molecule has 2 aromatic carbocycles. The van der Waals surface area contributed by atoms with Crippen LogP contribution in [0.5, 0.6) is 11.5 Å². The largest absolute Gasteiger partial charge is 0.504 e. The number of phenols is 1. The molecule has 1 aliphatic rings. The van der Waals surface area contributed by atoms with Gasteiger partial charge in [-0.25, -0.2) is 9.79 Å². The first kappa shape index (κ1) is 16.6. The Balaban J connectivity index is 1.73. The van der Waals surface area contributed by atoms with Crippen molar-refractivity contribution in [3.8, 4) is 11.5 Å². The summed E-state index contributed by atoms with van der Waals surface area (Å²) in [6.07, 6.45) is 1.54. The minimum atomic E-state index is -0.566. The van der Waals surface area contributed by atoms with E-state index in [-0.39, 0.29) is 17.3 Å². The van der Waals surface area contributed by atoms with Gasteiger partial charge in [-0.3, -0.25) is 0 Å². The van der Waals surface area contributed by atoms with Crippen LogP contribution in [0.1, 0.15) is 10.4 Å². The molecular formula is C19H12ClNO4S. The zero-order valence-electron chi connectivity index (χ0n) is 13.5. The summed E-state index contributed by atoms with van der Waals surface area (Å²) < 4.78 is 11.3. The number of fused-ring (bicyclic) bond motifs is 1. The maximum Gasteiger partial charge on any atom is 0.363 e. The molecule has 0 unspecified atom stereocenters. The number of thiophene rings is 1. The fourth-order valence-corrected chi connectivity index (χ4v) is 4.05. The van der Waals surface area contributed by atoms with Gasteiger partial charge in [-0.05, 0) is 29.8 Å². The van der Waals surface area contributed by atoms with Gasteiger partial charge in [-0.2, -0.15) is 0 Å². The number of halogens is 1. The summed E-state index contributed by atoms with van der Waals surface area (Å²) in [5, 5.41) is 11.3. The van der Waals surface area contributed by atoms with E-state index in [1.807, 2.05) is 24.3 Å². The van der Waals surface area contributed by atoms with Gasteiger partial charge < -0.3 is 14.6 Å². The minimum absolute atomic E-state index is 0.0232. The third kappa shape index (κ3) is 2.83. The number of rotatable bonds is 3. The summed E-state index contributed by atoms with van der Waals surface area (Å²) in [5.41, 5.74) is 0.737. The smallest absolute Gasteiger partial charge is 0.363 e. The molecule has 26 heavy (non-hydrogen) atoms. The van der Waals surface area contributed by atoms with Crippen molar-refractivity contribution in [3.63, 3.8) is 0 Å². The average molecular weight is 386 g/mol. The third-order valence-electron chi connectivity index (χ3n) is 3.86. The van der Waals surface area contributed by atoms with Crippen molar-refractivity contribution in [1.82, 2.24) is 0 Å². The van der Waals surface area contributed by atoms with E-state index in [4.69, 9.17) is 21.1 Å². The summed E-state index contributed by atoms with van der Waals surface area (Å²) >= 11 is 7.83. The van der Waals surface area contributed by atoms with Crippen LogP contribution < -0.4 is 4.74 Å². The lowest BCUT2D eigenvalue weighted by atomic mass is 10.1. The van der Waals surface area contributed by atoms with Crippen LogP contribution in [-0.2, 0) is 9.53 Å². The number of aliphatic imine (C=N–C) groups is 1. The van der Waals surface area contributed by atoms with Crippen LogP contribution in [0.3, 0.4) is 0 Å². The second-order valence-corrected chi connectivity index (χ2v) is 6.94. The Kier molecular flexibility index (Phi) is 4.14. The number of phenolic OH excluding ortho intramolecular Hbond substituents is 1. The quantitative estimate of drug-likeness (QED) is 0.528. The van der Waals surface area contributed by atoms with Crippen LogP contribution in [0.15, 0.2) is 53.2 Å². The van der Waals surface area contributed by atoms with E-state index in [2.05, 4.69) is 4.99 Å². The summed E-state index contributed by atoms with van der Waals surface area (Å²) in [6, 6.07) is 12.5. The van der Waals surface area contributed by atoms with Crippen LogP contribution in [0.4, 0.5) is 0 Å².